The van der Waals surface area contributed by atoms with E-state index < -0.39 is 0 Å². The van der Waals surface area contributed by atoms with E-state index in [9.17, 15) is 4.79 Å². The number of hydrogen-bond donors (Lipinski definition) is 0. The Kier molecular flexibility index (Phi) is 7.07. The van der Waals surface area contributed by atoms with Gasteiger partial charge in [-0.3, -0.25) is 4.79 Å². The number of carbonyl (C=O) groups is 1. The molecule has 4 aromatic rings. The lowest BCUT2D eigenvalue weighted by atomic mass is 10.2. The molecule has 32 heavy (non-hydrogen) atoms. The fourth-order valence-corrected chi connectivity index (χ4v) is 5.88. The van der Waals surface area contributed by atoms with E-state index in [0.29, 0.717) is 33.8 Å². The fraction of sp³-hybridized carbons (Fsp3) is 0.364. The molecule has 0 saturated carbocycles. The summed E-state index contributed by atoms with van der Waals surface area (Å²) in [4.78, 5) is 23.5. The second kappa shape index (κ2) is 9.97. The SMILES string of the molecule is CCCN(Cc1nnc(-c2ccccc2Cl)o1)C(=O)c1cc2sc(N(CC)CC)nc2s1. The third kappa shape index (κ3) is 4.65. The summed E-state index contributed by atoms with van der Waals surface area (Å²) < 4.78 is 6.85. The molecule has 10 heteroatoms. The first-order chi connectivity index (χ1) is 15.5. The second-order valence-corrected chi connectivity index (χ2v) is 9.60. The molecule has 168 valence electrons. The van der Waals surface area contributed by atoms with Crippen LogP contribution in [0.15, 0.2) is 34.7 Å². The number of hydrogen-bond acceptors (Lipinski definition) is 8. The molecule has 0 aliphatic carbocycles. The van der Waals surface area contributed by atoms with Crippen molar-refractivity contribution in [1.29, 1.82) is 0 Å². The smallest absolute Gasteiger partial charge is 0.264 e. The molecule has 0 unspecified atom stereocenters. The number of amides is 1. The van der Waals surface area contributed by atoms with Gasteiger partial charge < -0.3 is 14.2 Å². The van der Waals surface area contributed by atoms with Gasteiger partial charge in [0.1, 0.15) is 4.83 Å². The van der Waals surface area contributed by atoms with Crippen molar-refractivity contribution in [2.75, 3.05) is 24.5 Å². The summed E-state index contributed by atoms with van der Waals surface area (Å²) in [6, 6.07) is 9.25. The van der Waals surface area contributed by atoms with E-state index in [1.54, 1.807) is 22.3 Å². The monoisotopic (exact) mass is 489 g/mol. The Morgan fingerprint density at radius 2 is 1.91 bits per heavy atom. The first-order valence-electron chi connectivity index (χ1n) is 10.6. The number of rotatable bonds is 9. The number of thiazole rings is 1. The van der Waals surface area contributed by atoms with Crippen molar-refractivity contribution in [2.24, 2.45) is 0 Å². The fourth-order valence-electron chi connectivity index (χ4n) is 3.36. The molecule has 3 heterocycles. The van der Waals surface area contributed by atoms with Gasteiger partial charge in [0.05, 0.1) is 26.7 Å². The van der Waals surface area contributed by atoms with Crippen molar-refractivity contribution in [3.05, 3.63) is 46.1 Å². The van der Waals surface area contributed by atoms with Gasteiger partial charge in [-0.25, -0.2) is 4.98 Å². The largest absolute Gasteiger partial charge is 0.419 e. The summed E-state index contributed by atoms with van der Waals surface area (Å²) in [6.45, 7) is 8.92. The topological polar surface area (TPSA) is 75.4 Å². The molecule has 0 bridgehead atoms. The molecule has 0 atom stereocenters. The standard InChI is InChI=1S/C22H24ClN5O2S2/c1-4-11-28(13-18-25-26-19(30-18)14-9-7-8-10-15(14)23)21(29)17-12-16-20(31-17)24-22(32-16)27(5-2)6-3/h7-10,12H,4-6,11,13H2,1-3H3. The maximum atomic E-state index is 13.3. The lowest BCUT2D eigenvalue weighted by Crippen LogP contribution is -2.30. The van der Waals surface area contributed by atoms with Crippen molar-refractivity contribution in [2.45, 2.75) is 33.7 Å². The maximum Gasteiger partial charge on any atom is 0.264 e. The molecule has 0 spiro atoms. The Balaban J connectivity index is 1.53. The summed E-state index contributed by atoms with van der Waals surface area (Å²) in [6.07, 6.45) is 0.821. The second-order valence-electron chi connectivity index (χ2n) is 7.16. The molecule has 1 amide bonds. The van der Waals surface area contributed by atoms with Crippen molar-refractivity contribution >= 4 is 54.8 Å². The summed E-state index contributed by atoms with van der Waals surface area (Å²) in [5.41, 5.74) is 0.676. The molecule has 0 radical (unpaired) electrons. The lowest BCUT2D eigenvalue weighted by Gasteiger charge is -2.19. The minimum atomic E-state index is -0.0519. The van der Waals surface area contributed by atoms with Gasteiger partial charge in [0, 0.05) is 19.6 Å². The molecule has 0 aliphatic heterocycles. The van der Waals surface area contributed by atoms with Gasteiger partial charge in [0.15, 0.2) is 5.13 Å². The number of thiophene rings is 1. The predicted molar refractivity (Wildman–Crippen MR) is 131 cm³/mol. The van der Waals surface area contributed by atoms with Crippen LogP contribution in [0.25, 0.3) is 21.0 Å². The highest BCUT2D eigenvalue weighted by molar-refractivity contribution is 7.29. The molecular formula is C22H24ClN5O2S2. The zero-order chi connectivity index (χ0) is 22.7. The Bertz CT molecular complexity index is 1180. The van der Waals surface area contributed by atoms with E-state index in [-0.39, 0.29) is 12.5 Å². The number of benzene rings is 1. The van der Waals surface area contributed by atoms with Gasteiger partial charge >= 0.3 is 0 Å². The van der Waals surface area contributed by atoms with Crippen molar-refractivity contribution < 1.29 is 9.21 Å². The molecule has 0 N–H and O–H groups in total. The Morgan fingerprint density at radius 1 is 1.12 bits per heavy atom. The van der Waals surface area contributed by atoms with E-state index in [1.807, 2.05) is 31.2 Å². The average molecular weight is 490 g/mol. The predicted octanol–water partition coefficient (Wildman–Crippen LogP) is 5.96. The number of carbonyl (C=O) groups excluding carboxylic acids is 1. The van der Waals surface area contributed by atoms with Gasteiger partial charge in [-0.05, 0) is 38.5 Å². The highest BCUT2D eigenvalue weighted by atomic mass is 35.5. The maximum absolute atomic E-state index is 13.3. The van der Waals surface area contributed by atoms with E-state index in [2.05, 4.69) is 28.9 Å². The van der Waals surface area contributed by atoms with Crippen LogP contribution in [0.3, 0.4) is 0 Å². The van der Waals surface area contributed by atoms with Gasteiger partial charge in [0.25, 0.3) is 5.91 Å². The summed E-state index contributed by atoms with van der Waals surface area (Å²) in [5, 5.41) is 9.78. The van der Waals surface area contributed by atoms with Crippen molar-refractivity contribution in [3.8, 4) is 11.5 Å². The zero-order valence-electron chi connectivity index (χ0n) is 18.2. The van der Waals surface area contributed by atoms with E-state index in [1.165, 1.54) is 11.3 Å². The molecule has 0 aliphatic rings. The van der Waals surface area contributed by atoms with Gasteiger partial charge in [-0.1, -0.05) is 42.0 Å². The minimum Gasteiger partial charge on any atom is -0.419 e. The van der Waals surface area contributed by atoms with Crippen LogP contribution in [0.5, 0.6) is 0 Å². The average Bonchev–Trinajstić information content (AvgIpc) is 3.49. The molecule has 0 fully saturated rings. The highest BCUT2D eigenvalue weighted by Gasteiger charge is 2.23. The normalized spacial score (nSPS) is 11.2. The van der Waals surface area contributed by atoms with Crippen LogP contribution in [0, 0.1) is 0 Å². The molecule has 0 saturated heterocycles. The van der Waals surface area contributed by atoms with Crippen molar-refractivity contribution in [3.63, 3.8) is 0 Å². The Morgan fingerprint density at radius 3 is 2.59 bits per heavy atom. The van der Waals surface area contributed by atoms with Gasteiger partial charge in [-0.2, -0.15) is 0 Å². The van der Waals surface area contributed by atoms with Crippen LogP contribution < -0.4 is 4.90 Å². The summed E-state index contributed by atoms with van der Waals surface area (Å²) in [7, 11) is 0. The van der Waals surface area contributed by atoms with Crippen LogP contribution in [0.2, 0.25) is 5.02 Å². The van der Waals surface area contributed by atoms with Crippen LogP contribution in [0.4, 0.5) is 5.13 Å². The van der Waals surface area contributed by atoms with E-state index >= 15 is 0 Å². The van der Waals surface area contributed by atoms with Gasteiger partial charge in [0.2, 0.25) is 11.8 Å². The van der Waals surface area contributed by atoms with Crippen molar-refractivity contribution in [1.82, 2.24) is 20.1 Å². The van der Waals surface area contributed by atoms with E-state index in [0.717, 1.165) is 34.2 Å². The minimum absolute atomic E-state index is 0.0519. The lowest BCUT2D eigenvalue weighted by molar-refractivity contribution is 0.0733. The number of fused-ring (bicyclic) bond motifs is 1. The molecule has 3 aromatic heterocycles. The van der Waals surface area contributed by atoms with Gasteiger partial charge in [-0.15, -0.1) is 21.5 Å². The van der Waals surface area contributed by atoms with Crippen LogP contribution in [-0.2, 0) is 6.54 Å². The first kappa shape index (κ1) is 22.7. The summed E-state index contributed by atoms with van der Waals surface area (Å²) in [5.74, 6) is 0.672. The number of anilines is 1. The third-order valence-electron chi connectivity index (χ3n) is 5.00. The van der Waals surface area contributed by atoms with Crippen LogP contribution >= 0.6 is 34.3 Å². The molecule has 4 rings (SSSR count). The van der Waals surface area contributed by atoms with Crippen LogP contribution in [-0.4, -0.2) is 45.6 Å². The number of halogens is 1. The zero-order valence-corrected chi connectivity index (χ0v) is 20.6. The molecule has 1 aromatic carbocycles. The Labute approximate surface area is 199 Å². The number of nitrogens with zero attached hydrogens (tertiary/aromatic N) is 5. The number of aromatic nitrogens is 3. The first-order valence-corrected chi connectivity index (χ1v) is 12.6. The highest BCUT2D eigenvalue weighted by Crippen LogP contribution is 2.35. The molecule has 7 nitrogen and oxygen atoms in total. The quantitative estimate of drug-likeness (QED) is 0.288. The third-order valence-corrected chi connectivity index (χ3v) is 7.54. The van der Waals surface area contributed by atoms with E-state index in [4.69, 9.17) is 21.0 Å². The van der Waals surface area contributed by atoms with Crippen LogP contribution in [0.1, 0.15) is 42.8 Å². The molecular weight excluding hydrogens is 466 g/mol. The summed E-state index contributed by atoms with van der Waals surface area (Å²) >= 11 is 9.29. The Hall–Kier alpha value is -2.49.